The Morgan fingerprint density at radius 2 is 1.77 bits per heavy atom. The number of amides is 1. The number of rotatable bonds is 7. The molecule has 0 unspecified atom stereocenters. The van der Waals surface area contributed by atoms with Crippen LogP contribution in [0.1, 0.15) is 21.6 Å². The predicted molar refractivity (Wildman–Crippen MR) is 105 cm³/mol. The van der Waals surface area contributed by atoms with Crippen LogP contribution >= 0.6 is 11.6 Å². The zero-order valence-electron chi connectivity index (χ0n) is 14.3. The van der Waals surface area contributed by atoms with Gasteiger partial charge in [0.05, 0.1) is 11.9 Å². The summed E-state index contributed by atoms with van der Waals surface area (Å²) in [7, 11) is 0. The van der Waals surface area contributed by atoms with Gasteiger partial charge in [0.2, 0.25) is 0 Å². The molecule has 0 radical (unpaired) electrons. The number of anilines is 1. The van der Waals surface area contributed by atoms with E-state index in [-0.39, 0.29) is 5.91 Å². The summed E-state index contributed by atoms with van der Waals surface area (Å²) in [5.41, 5.74) is 3.52. The van der Waals surface area contributed by atoms with Crippen LogP contribution in [-0.4, -0.2) is 17.4 Å². The largest absolute Gasteiger partial charge is 0.383 e. The maximum atomic E-state index is 12.2. The molecule has 0 bridgehead atoms. The summed E-state index contributed by atoms with van der Waals surface area (Å²) in [6, 6.07) is 21.2. The van der Waals surface area contributed by atoms with Crippen molar-refractivity contribution in [2.75, 3.05) is 11.9 Å². The highest BCUT2D eigenvalue weighted by Gasteiger charge is 2.06. The average molecular weight is 366 g/mol. The van der Waals surface area contributed by atoms with E-state index in [9.17, 15) is 4.79 Å². The molecular formula is C21H20ClN3O. The molecule has 132 valence electrons. The summed E-state index contributed by atoms with van der Waals surface area (Å²) in [4.78, 5) is 16.4. The topological polar surface area (TPSA) is 54.0 Å². The van der Waals surface area contributed by atoms with Crippen molar-refractivity contribution in [2.24, 2.45) is 0 Å². The zero-order chi connectivity index (χ0) is 18.2. The number of carbonyl (C=O) groups is 1. The molecule has 1 aromatic heterocycles. The molecule has 1 heterocycles. The molecule has 3 aromatic rings. The van der Waals surface area contributed by atoms with Crippen molar-refractivity contribution in [1.82, 2.24) is 10.3 Å². The maximum Gasteiger partial charge on any atom is 0.270 e. The van der Waals surface area contributed by atoms with E-state index in [2.05, 4.69) is 15.6 Å². The van der Waals surface area contributed by atoms with Gasteiger partial charge < -0.3 is 10.6 Å². The molecule has 26 heavy (non-hydrogen) atoms. The smallest absolute Gasteiger partial charge is 0.270 e. The standard InChI is InChI=1S/C21H20ClN3O/c22-18-8-4-7-16(13-18)11-12-23-19-9-10-20(24-15-19)21(26)25-14-17-5-2-1-3-6-17/h1-10,13,15,23H,11-12,14H2,(H,25,26). The van der Waals surface area contributed by atoms with Gasteiger partial charge in [-0.25, -0.2) is 4.98 Å². The van der Waals surface area contributed by atoms with Crippen LogP contribution in [0.2, 0.25) is 5.02 Å². The summed E-state index contributed by atoms with van der Waals surface area (Å²) < 4.78 is 0. The highest BCUT2D eigenvalue weighted by molar-refractivity contribution is 6.30. The maximum absolute atomic E-state index is 12.2. The second-order valence-corrected chi connectivity index (χ2v) is 6.34. The number of hydrogen-bond acceptors (Lipinski definition) is 3. The number of hydrogen-bond donors (Lipinski definition) is 2. The molecule has 0 saturated carbocycles. The Labute approximate surface area is 158 Å². The van der Waals surface area contributed by atoms with Crippen LogP contribution < -0.4 is 10.6 Å². The highest BCUT2D eigenvalue weighted by Crippen LogP contribution is 2.12. The Hall–Kier alpha value is -2.85. The van der Waals surface area contributed by atoms with E-state index in [0.29, 0.717) is 12.2 Å². The van der Waals surface area contributed by atoms with Crippen molar-refractivity contribution in [1.29, 1.82) is 0 Å². The van der Waals surface area contributed by atoms with Gasteiger partial charge in [0, 0.05) is 18.1 Å². The third-order valence-corrected chi connectivity index (χ3v) is 4.16. The molecule has 0 atom stereocenters. The molecule has 5 heteroatoms. The molecule has 0 spiro atoms. The van der Waals surface area contributed by atoms with E-state index in [1.807, 2.05) is 60.7 Å². The number of nitrogens with zero attached hydrogens (tertiary/aromatic N) is 1. The summed E-state index contributed by atoms with van der Waals surface area (Å²) >= 11 is 5.98. The normalized spacial score (nSPS) is 10.3. The van der Waals surface area contributed by atoms with Gasteiger partial charge in [-0.15, -0.1) is 0 Å². The quantitative estimate of drug-likeness (QED) is 0.655. The first-order valence-electron chi connectivity index (χ1n) is 8.47. The van der Waals surface area contributed by atoms with E-state index in [4.69, 9.17) is 11.6 Å². The Morgan fingerprint density at radius 3 is 2.50 bits per heavy atom. The average Bonchev–Trinajstić information content (AvgIpc) is 2.67. The van der Waals surface area contributed by atoms with Crippen molar-refractivity contribution >= 4 is 23.2 Å². The third kappa shape index (κ3) is 5.33. The van der Waals surface area contributed by atoms with Gasteiger partial charge in [-0.05, 0) is 41.8 Å². The first kappa shape index (κ1) is 18.0. The lowest BCUT2D eigenvalue weighted by molar-refractivity contribution is 0.0946. The number of pyridine rings is 1. The van der Waals surface area contributed by atoms with Crippen molar-refractivity contribution in [3.8, 4) is 0 Å². The zero-order valence-corrected chi connectivity index (χ0v) is 15.0. The minimum absolute atomic E-state index is 0.181. The Balaban J connectivity index is 1.47. The summed E-state index contributed by atoms with van der Waals surface area (Å²) in [5.74, 6) is -0.181. The Morgan fingerprint density at radius 1 is 0.962 bits per heavy atom. The van der Waals surface area contributed by atoms with Gasteiger partial charge >= 0.3 is 0 Å². The summed E-state index contributed by atoms with van der Waals surface area (Å²) in [6.07, 6.45) is 2.54. The van der Waals surface area contributed by atoms with Gasteiger partial charge in [-0.1, -0.05) is 54.1 Å². The lowest BCUT2D eigenvalue weighted by Gasteiger charge is -2.08. The molecule has 1 amide bonds. The minimum atomic E-state index is -0.181. The van der Waals surface area contributed by atoms with Crippen LogP contribution in [0.15, 0.2) is 72.9 Å². The van der Waals surface area contributed by atoms with Crippen LogP contribution in [0.3, 0.4) is 0 Å². The van der Waals surface area contributed by atoms with Crippen molar-refractivity contribution in [2.45, 2.75) is 13.0 Å². The number of benzene rings is 2. The van der Waals surface area contributed by atoms with Crippen LogP contribution in [0.5, 0.6) is 0 Å². The molecule has 2 N–H and O–H groups in total. The van der Waals surface area contributed by atoms with E-state index in [1.165, 1.54) is 5.56 Å². The fourth-order valence-corrected chi connectivity index (χ4v) is 2.76. The van der Waals surface area contributed by atoms with Gasteiger partial charge in [0.1, 0.15) is 5.69 Å². The van der Waals surface area contributed by atoms with E-state index < -0.39 is 0 Å². The Bertz CT molecular complexity index is 851. The second kappa shape index (κ2) is 9.02. The first-order valence-corrected chi connectivity index (χ1v) is 8.85. The summed E-state index contributed by atoms with van der Waals surface area (Å²) in [6.45, 7) is 1.25. The lowest BCUT2D eigenvalue weighted by atomic mass is 10.1. The molecular weight excluding hydrogens is 346 g/mol. The molecule has 0 aliphatic heterocycles. The molecule has 3 rings (SSSR count). The van der Waals surface area contributed by atoms with E-state index in [0.717, 1.165) is 29.2 Å². The molecule has 2 aromatic carbocycles. The lowest BCUT2D eigenvalue weighted by Crippen LogP contribution is -2.23. The monoisotopic (exact) mass is 365 g/mol. The predicted octanol–water partition coefficient (Wildman–Crippen LogP) is 4.32. The molecule has 4 nitrogen and oxygen atoms in total. The number of carbonyl (C=O) groups excluding carboxylic acids is 1. The third-order valence-electron chi connectivity index (χ3n) is 3.92. The van der Waals surface area contributed by atoms with Crippen LogP contribution in [-0.2, 0) is 13.0 Å². The van der Waals surface area contributed by atoms with E-state index in [1.54, 1.807) is 12.3 Å². The van der Waals surface area contributed by atoms with Crippen LogP contribution in [0.25, 0.3) is 0 Å². The van der Waals surface area contributed by atoms with Crippen molar-refractivity contribution in [3.05, 3.63) is 94.8 Å². The fraction of sp³-hybridized carbons (Fsp3) is 0.143. The number of nitrogens with one attached hydrogen (secondary N) is 2. The SMILES string of the molecule is O=C(NCc1ccccc1)c1ccc(NCCc2cccc(Cl)c2)cn1. The Kier molecular flexibility index (Phi) is 6.23. The van der Waals surface area contributed by atoms with Gasteiger partial charge in [0.25, 0.3) is 5.91 Å². The van der Waals surface area contributed by atoms with Crippen molar-refractivity contribution in [3.63, 3.8) is 0 Å². The molecule has 0 fully saturated rings. The molecule has 0 saturated heterocycles. The second-order valence-electron chi connectivity index (χ2n) is 5.91. The molecule has 0 aliphatic carbocycles. The minimum Gasteiger partial charge on any atom is -0.383 e. The fourth-order valence-electron chi connectivity index (χ4n) is 2.55. The van der Waals surface area contributed by atoms with Gasteiger partial charge in [-0.3, -0.25) is 4.79 Å². The first-order chi connectivity index (χ1) is 12.7. The number of halogens is 1. The van der Waals surface area contributed by atoms with Gasteiger partial charge in [0.15, 0.2) is 0 Å². The van der Waals surface area contributed by atoms with E-state index >= 15 is 0 Å². The van der Waals surface area contributed by atoms with Crippen LogP contribution in [0.4, 0.5) is 5.69 Å². The van der Waals surface area contributed by atoms with Gasteiger partial charge in [-0.2, -0.15) is 0 Å². The number of aromatic nitrogens is 1. The summed E-state index contributed by atoms with van der Waals surface area (Å²) in [5, 5.41) is 6.92. The highest BCUT2D eigenvalue weighted by atomic mass is 35.5. The van der Waals surface area contributed by atoms with Crippen molar-refractivity contribution < 1.29 is 4.79 Å². The van der Waals surface area contributed by atoms with Crippen LogP contribution in [0, 0.1) is 0 Å². The molecule has 0 aliphatic rings.